The van der Waals surface area contributed by atoms with Crippen LogP contribution in [0.5, 0.6) is 0 Å². The molecule has 92 valence electrons. The minimum Gasteiger partial charge on any atom is -0.238 e. The first-order valence-corrected chi connectivity index (χ1v) is 9.11. The van der Waals surface area contributed by atoms with Gasteiger partial charge in [-0.3, -0.25) is 0 Å². The molecule has 0 aromatic carbocycles. The summed E-state index contributed by atoms with van der Waals surface area (Å²) in [5.41, 5.74) is 0. The van der Waals surface area contributed by atoms with Gasteiger partial charge in [-0.1, -0.05) is 25.3 Å². The molecule has 0 heterocycles. The third-order valence-corrected chi connectivity index (χ3v) is 4.90. The van der Waals surface area contributed by atoms with Gasteiger partial charge in [-0.05, 0) is 12.5 Å². The Morgan fingerprint density at radius 2 is 1.53 bits per heavy atom. The Morgan fingerprint density at radius 1 is 0.933 bits per heavy atom. The zero-order valence-electron chi connectivity index (χ0n) is 8.62. The molecular formula is C8H17F5Si2. The van der Waals surface area contributed by atoms with Crippen LogP contribution in [-0.4, -0.2) is 25.0 Å². The zero-order valence-corrected chi connectivity index (χ0v) is 11.0. The molecule has 15 heavy (non-hydrogen) atoms. The number of unbranched alkanes of at least 4 members (excludes halogenated alkanes) is 3. The Labute approximate surface area is 90.6 Å². The Morgan fingerprint density at radius 3 is 2.07 bits per heavy atom. The lowest BCUT2D eigenvalue weighted by molar-refractivity contribution is 0.171. The molecule has 0 saturated heterocycles. The van der Waals surface area contributed by atoms with Gasteiger partial charge in [-0.25, -0.2) is 21.1 Å². The van der Waals surface area contributed by atoms with E-state index < -0.39 is 31.1 Å². The summed E-state index contributed by atoms with van der Waals surface area (Å²) >= 11 is 0. The van der Waals surface area contributed by atoms with Crippen LogP contribution in [0.2, 0.25) is 18.1 Å². The van der Waals surface area contributed by atoms with Gasteiger partial charge < -0.3 is 0 Å². The molecular weight excluding hydrogens is 247 g/mol. The third kappa shape index (κ3) is 14.1. The van der Waals surface area contributed by atoms with Crippen LogP contribution in [0.1, 0.15) is 25.7 Å². The van der Waals surface area contributed by atoms with Crippen molar-refractivity contribution in [2.75, 3.05) is 0 Å². The topological polar surface area (TPSA) is 0 Å². The van der Waals surface area contributed by atoms with E-state index >= 15 is 0 Å². The Bertz CT molecular complexity index is 148. The molecule has 0 unspecified atom stereocenters. The van der Waals surface area contributed by atoms with Crippen molar-refractivity contribution in [2.45, 2.75) is 50.2 Å². The first-order valence-electron chi connectivity index (χ1n) is 5.27. The molecule has 0 saturated carbocycles. The molecule has 0 amide bonds. The Hall–Kier alpha value is 0.0838. The van der Waals surface area contributed by atoms with E-state index in [0.29, 0.717) is 6.42 Å². The molecule has 0 bridgehead atoms. The maximum Gasteiger partial charge on any atom is 0.616 e. The minimum absolute atomic E-state index is 0.0511. The van der Waals surface area contributed by atoms with Crippen molar-refractivity contribution >= 4 is 18.6 Å². The highest BCUT2D eigenvalue weighted by molar-refractivity contribution is 6.58. The van der Waals surface area contributed by atoms with E-state index in [1.807, 2.05) is 0 Å². The van der Waals surface area contributed by atoms with Crippen molar-refractivity contribution in [2.24, 2.45) is 0 Å². The molecule has 0 fully saturated rings. The van der Waals surface area contributed by atoms with Crippen molar-refractivity contribution in [1.82, 2.24) is 0 Å². The van der Waals surface area contributed by atoms with E-state index in [1.165, 1.54) is 0 Å². The summed E-state index contributed by atoms with van der Waals surface area (Å²) in [5, 5.41) is 0. The van der Waals surface area contributed by atoms with Gasteiger partial charge in [0.15, 0.2) is 0 Å². The molecule has 0 spiro atoms. The molecule has 0 radical (unpaired) electrons. The smallest absolute Gasteiger partial charge is 0.238 e. The van der Waals surface area contributed by atoms with E-state index in [1.54, 1.807) is 0 Å². The zero-order chi connectivity index (χ0) is 11.7. The molecule has 0 rings (SSSR count). The molecule has 0 aliphatic carbocycles. The van der Waals surface area contributed by atoms with Gasteiger partial charge in [0, 0.05) is 15.6 Å². The fourth-order valence-corrected chi connectivity index (χ4v) is 3.29. The summed E-state index contributed by atoms with van der Waals surface area (Å²) in [5.74, 6) is 0. The number of hydrogen-bond donors (Lipinski definition) is 0. The second kappa shape index (κ2) is 8.26. The van der Waals surface area contributed by atoms with Gasteiger partial charge in [0.1, 0.15) is 0 Å². The highest BCUT2D eigenvalue weighted by atomic mass is 28.5. The second-order valence-corrected chi connectivity index (χ2v) is 7.39. The first kappa shape index (κ1) is 15.1. The van der Waals surface area contributed by atoms with Gasteiger partial charge in [0.2, 0.25) is 6.43 Å². The number of alkyl halides is 2. The highest BCUT2D eigenvalue weighted by Gasteiger charge is 2.35. The lowest BCUT2D eigenvalue weighted by Crippen LogP contribution is -2.13. The van der Waals surface area contributed by atoms with Crippen molar-refractivity contribution in [3.05, 3.63) is 0 Å². The monoisotopic (exact) mass is 264 g/mol. The maximum atomic E-state index is 11.8. The normalized spacial score (nSPS) is 13.2. The summed E-state index contributed by atoms with van der Waals surface area (Å²) in [6.45, 7) is 0. The van der Waals surface area contributed by atoms with Crippen molar-refractivity contribution < 1.29 is 21.1 Å². The SMILES string of the molecule is FC(F)C[SiH2]CCCCCC[Si](F)(F)F. The molecule has 0 aliphatic rings. The average Bonchev–Trinajstić information content (AvgIpc) is 2.07. The molecule has 7 heteroatoms. The first-order chi connectivity index (χ1) is 6.92. The minimum atomic E-state index is -5.34. The van der Waals surface area contributed by atoms with Crippen molar-refractivity contribution in [1.29, 1.82) is 0 Å². The molecule has 0 aromatic heterocycles. The Kier molecular flexibility index (Phi) is 8.31. The van der Waals surface area contributed by atoms with Crippen LogP contribution in [0.25, 0.3) is 0 Å². The summed E-state index contributed by atoms with van der Waals surface area (Å²) in [4.78, 5) is 0. The van der Waals surface area contributed by atoms with Crippen LogP contribution in [0.3, 0.4) is 0 Å². The van der Waals surface area contributed by atoms with Gasteiger partial charge >= 0.3 is 9.08 Å². The van der Waals surface area contributed by atoms with E-state index in [4.69, 9.17) is 0 Å². The van der Waals surface area contributed by atoms with Crippen LogP contribution in [0.4, 0.5) is 21.1 Å². The molecule has 0 atom stereocenters. The molecule has 0 nitrogen and oxygen atoms in total. The lowest BCUT2D eigenvalue weighted by Gasteiger charge is -2.02. The summed E-state index contributed by atoms with van der Waals surface area (Å²) in [6.07, 6.45) is 0.230. The summed E-state index contributed by atoms with van der Waals surface area (Å²) in [7, 11) is -6.00. The third-order valence-electron chi connectivity index (χ3n) is 2.13. The van der Waals surface area contributed by atoms with Gasteiger partial charge in [-0.15, -0.1) is 0 Å². The van der Waals surface area contributed by atoms with E-state index in [0.717, 1.165) is 18.9 Å². The van der Waals surface area contributed by atoms with Gasteiger partial charge in [0.05, 0.1) is 0 Å². The summed E-state index contributed by atoms with van der Waals surface area (Å²) < 4.78 is 58.9. The van der Waals surface area contributed by atoms with Crippen LogP contribution < -0.4 is 0 Å². The fourth-order valence-electron chi connectivity index (χ4n) is 1.33. The van der Waals surface area contributed by atoms with Gasteiger partial charge in [-0.2, -0.15) is 0 Å². The predicted octanol–water partition coefficient (Wildman–Crippen LogP) is 3.66. The van der Waals surface area contributed by atoms with Crippen LogP contribution in [0, 0.1) is 0 Å². The summed E-state index contributed by atoms with van der Waals surface area (Å²) in [6, 6.07) is 0.310. The van der Waals surface area contributed by atoms with Crippen LogP contribution in [-0.2, 0) is 0 Å². The van der Waals surface area contributed by atoms with E-state index in [-0.39, 0.29) is 12.5 Å². The predicted molar refractivity (Wildman–Crippen MR) is 56.5 cm³/mol. The number of halogens is 5. The van der Waals surface area contributed by atoms with E-state index in [2.05, 4.69) is 0 Å². The largest absolute Gasteiger partial charge is 0.616 e. The van der Waals surface area contributed by atoms with Crippen molar-refractivity contribution in [3.63, 3.8) is 0 Å². The molecule has 0 aliphatic heterocycles. The number of rotatable bonds is 9. The maximum absolute atomic E-state index is 11.8. The Balaban J connectivity index is 3.06. The quantitative estimate of drug-likeness (QED) is 0.258. The standard InChI is InChI=1S/C8H17F5Si2/c9-8(10)7-14-5-3-1-2-4-6-15(11,12)13/h8H,1-7,14H2. The lowest BCUT2D eigenvalue weighted by atomic mass is 10.2. The van der Waals surface area contributed by atoms with E-state index in [9.17, 15) is 21.1 Å². The average molecular weight is 264 g/mol. The molecule has 0 aromatic rings. The number of hydrogen-bond acceptors (Lipinski definition) is 0. The van der Waals surface area contributed by atoms with Crippen LogP contribution >= 0.6 is 0 Å². The molecule has 0 N–H and O–H groups in total. The van der Waals surface area contributed by atoms with Crippen molar-refractivity contribution in [3.8, 4) is 0 Å². The van der Waals surface area contributed by atoms with Gasteiger partial charge in [0.25, 0.3) is 0 Å². The van der Waals surface area contributed by atoms with Crippen LogP contribution in [0.15, 0.2) is 0 Å². The highest BCUT2D eigenvalue weighted by Crippen LogP contribution is 2.19. The second-order valence-electron chi connectivity index (χ2n) is 3.67. The fraction of sp³-hybridized carbons (Fsp3) is 1.00.